The Balaban J connectivity index is 1.39. The Labute approximate surface area is 194 Å². The molecule has 32 heavy (non-hydrogen) atoms. The zero-order valence-corrected chi connectivity index (χ0v) is 21.2. The van der Waals surface area contributed by atoms with Gasteiger partial charge in [-0.2, -0.15) is 0 Å². The molecule has 2 aromatic carbocycles. The van der Waals surface area contributed by atoms with Gasteiger partial charge in [-0.05, 0) is 159 Å². The van der Waals surface area contributed by atoms with Crippen LogP contribution < -0.4 is 4.90 Å². The Hall–Kier alpha value is -1.80. The normalized spacial score (nSPS) is 33.2. The fourth-order valence-corrected chi connectivity index (χ4v) is 9.54. The molecular weight excluding hydrogens is 388 g/mol. The molecule has 2 saturated carbocycles. The van der Waals surface area contributed by atoms with Gasteiger partial charge in [0, 0.05) is 18.8 Å². The van der Waals surface area contributed by atoms with Crippen molar-refractivity contribution < 1.29 is 0 Å². The van der Waals surface area contributed by atoms with Crippen LogP contribution in [0.2, 0.25) is 0 Å². The molecule has 7 rings (SSSR count). The molecule has 6 unspecified atom stereocenters. The summed E-state index contributed by atoms with van der Waals surface area (Å²) in [5.41, 5.74) is 20.0. The zero-order valence-electron chi connectivity index (χ0n) is 21.2. The number of nitrogens with zero attached hydrogens (tertiary/aromatic N) is 2. The van der Waals surface area contributed by atoms with E-state index >= 15 is 0 Å². The van der Waals surface area contributed by atoms with Crippen molar-refractivity contribution >= 4 is 5.69 Å². The lowest BCUT2D eigenvalue weighted by molar-refractivity contribution is 0.224. The van der Waals surface area contributed by atoms with Gasteiger partial charge in [0.1, 0.15) is 0 Å². The highest BCUT2D eigenvalue weighted by Crippen LogP contribution is 2.80. The lowest BCUT2D eigenvalue weighted by Crippen LogP contribution is -2.46. The molecule has 0 aromatic heterocycles. The predicted molar refractivity (Wildman–Crippen MR) is 133 cm³/mol. The van der Waals surface area contributed by atoms with Crippen LogP contribution in [0.25, 0.3) is 0 Å². The molecule has 4 aliphatic carbocycles. The van der Waals surface area contributed by atoms with Gasteiger partial charge in [0.25, 0.3) is 0 Å². The Morgan fingerprint density at radius 2 is 1.12 bits per heavy atom. The predicted octanol–water partition coefficient (Wildman–Crippen LogP) is 6.48. The van der Waals surface area contributed by atoms with Gasteiger partial charge >= 0.3 is 0 Å². The number of rotatable bonds is 1. The van der Waals surface area contributed by atoms with E-state index in [-0.39, 0.29) is 0 Å². The fourth-order valence-electron chi connectivity index (χ4n) is 9.54. The molecule has 2 heteroatoms. The van der Waals surface area contributed by atoms with Crippen molar-refractivity contribution in [1.82, 2.24) is 4.90 Å². The third kappa shape index (κ3) is 1.92. The molecule has 0 saturated heterocycles. The van der Waals surface area contributed by atoms with Crippen molar-refractivity contribution in [1.29, 1.82) is 0 Å². The van der Waals surface area contributed by atoms with Crippen LogP contribution in [0.5, 0.6) is 0 Å². The van der Waals surface area contributed by atoms with Gasteiger partial charge in [-0.3, -0.25) is 4.90 Å². The Morgan fingerprint density at radius 3 is 1.62 bits per heavy atom. The fraction of sp³-hybridized carbons (Fsp3) is 0.600. The van der Waals surface area contributed by atoms with Crippen LogP contribution in [0.1, 0.15) is 98.2 Å². The van der Waals surface area contributed by atoms with Crippen LogP contribution in [-0.4, -0.2) is 25.2 Å². The molecule has 1 aliphatic heterocycles. The van der Waals surface area contributed by atoms with Gasteiger partial charge in [-0.1, -0.05) is 0 Å². The second-order valence-electron chi connectivity index (χ2n) is 11.9. The van der Waals surface area contributed by atoms with Crippen molar-refractivity contribution in [3.05, 3.63) is 61.2 Å². The lowest BCUT2D eigenvalue weighted by Gasteiger charge is -2.57. The summed E-state index contributed by atoms with van der Waals surface area (Å²) in [5, 5.41) is 0. The van der Waals surface area contributed by atoms with Crippen molar-refractivity contribution in [2.75, 3.05) is 25.2 Å². The Kier molecular flexibility index (Phi) is 3.69. The number of anilines is 1. The van der Waals surface area contributed by atoms with E-state index in [1.807, 2.05) is 0 Å². The summed E-state index contributed by atoms with van der Waals surface area (Å²) in [5.74, 6) is 5.10. The molecule has 0 N–H and O–H groups in total. The first-order valence-electron chi connectivity index (χ1n) is 13.0. The minimum absolute atomic E-state index is 0.827. The summed E-state index contributed by atoms with van der Waals surface area (Å²) < 4.78 is 0. The van der Waals surface area contributed by atoms with Gasteiger partial charge in [0.15, 0.2) is 0 Å². The van der Waals surface area contributed by atoms with Crippen LogP contribution in [0, 0.1) is 53.4 Å². The summed E-state index contributed by atoms with van der Waals surface area (Å²) in [7, 11) is 2.28. The third-order valence-electron chi connectivity index (χ3n) is 11.0. The van der Waals surface area contributed by atoms with E-state index in [0.717, 1.165) is 55.3 Å². The molecule has 2 nitrogen and oxygen atoms in total. The standard InChI is InChI=1S/C30H38N2/c1-9-32-12-31(8)11-21-17(6)24-25(18(7)30(21)32)29-20-10-19(28(24)29)26-22-15(4)13(2)14(3)16(5)23(22)27(20)26/h19-20,26-29H,9-12H2,1-8H3. The highest BCUT2D eigenvalue weighted by atomic mass is 15.3. The van der Waals surface area contributed by atoms with E-state index in [9.17, 15) is 0 Å². The molecule has 6 atom stereocenters. The number of hydrogen-bond acceptors (Lipinski definition) is 2. The summed E-state index contributed by atoms with van der Waals surface area (Å²) >= 11 is 0. The minimum atomic E-state index is 0.827. The smallest absolute Gasteiger partial charge is 0.0707 e. The summed E-state index contributed by atoms with van der Waals surface area (Å²) in [6.07, 6.45) is 1.46. The molecule has 2 fully saturated rings. The van der Waals surface area contributed by atoms with Crippen LogP contribution in [0.4, 0.5) is 5.69 Å². The van der Waals surface area contributed by atoms with Crippen LogP contribution in [0.3, 0.4) is 0 Å². The van der Waals surface area contributed by atoms with Crippen molar-refractivity contribution in [2.45, 2.75) is 85.1 Å². The zero-order chi connectivity index (χ0) is 22.4. The van der Waals surface area contributed by atoms with Crippen molar-refractivity contribution in [3.8, 4) is 0 Å². The Bertz CT molecular complexity index is 1220. The minimum Gasteiger partial charge on any atom is -0.358 e. The first kappa shape index (κ1) is 19.6. The largest absolute Gasteiger partial charge is 0.358 e. The molecule has 2 aromatic rings. The first-order chi connectivity index (χ1) is 15.3. The van der Waals surface area contributed by atoms with E-state index < -0.39 is 0 Å². The van der Waals surface area contributed by atoms with Gasteiger partial charge in [-0.15, -0.1) is 0 Å². The second-order valence-corrected chi connectivity index (χ2v) is 11.9. The molecule has 1 heterocycles. The number of benzene rings is 2. The van der Waals surface area contributed by atoms with E-state index in [1.54, 1.807) is 66.9 Å². The van der Waals surface area contributed by atoms with E-state index in [0.29, 0.717) is 0 Å². The van der Waals surface area contributed by atoms with E-state index in [4.69, 9.17) is 0 Å². The SMILES string of the molecule is CCN1CN(C)Cc2c(C)c3c(c(C)c21)C1C2CC(C4c5c(C)c(C)c(C)c(C)c5C24)C31. The second kappa shape index (κ2) is 6.00. The molecule has 0 radical (unpaired) electrons. The maximum absolute atomic E-state index is 2.63. The average molecular weight is 427 g/mol. The molecular formula is C30H38N2. The first-order valence-corrected chi connectivity index (χ1v) is 13.0. The van der Waals surface area contributed by atoms with Crippen LogP contribution in [0.15, 0.2) is 0 Å². The van der Waals surface area contributed by atoms with Crippen molar-refractivity contribution in [3.63, 3.8) is 0 Å². The van der Waals surface area contributed by atoms with Crippen LogP contribution in [-0.2, 0) is 6.54 Å². The van der Waals surface area contributed by atoms with Crippen molar-refractivity contribution in [2.24, 2.45) is 11.8 Å². The number of hydrogen-bond donors (Lipinski definition) is 0. The maximum Gasteiger partial charge on any atom is 0.0707 e. The van der Waals surface area contributed by atoms with E-state index in [1.165, 1.54) is 6.42 Å². The summed E-state index contributed by atoms with van der Waals surface area (Å²) in [4.78, 5) is 5.13. The van der Waals surface area contributed by atoms with Gasteiger partial charge in [-0.25, -0.2) is 0 Å². The summed E-state index contributed by atoms with van der Waals surface area (Å²) in [6.45, 7) is 20.1. The molecule has 2 bridgehead atoms. The van der Waals surface area contributed by atoms with Crippen LogP contribution >= 0.6 is 0 Å². The quantitative estimate of drug-likeness (QED) is 0.482. The maximum atomic E-state index is 2.63. The number of fused-ring (bicyclic) bond motifs is 15. The monoisotopic (exact) mass is 426 g/mol. The highest BCUT2D eigenvalue weighted by molar-refractivity contribution is 5.74. The molecule has 168 valence electrons. The van der Waals surface area contributed by atoms with Gasteiger partial charge < -0.3 is 4.90 Å². The Morgan fingerprint density at radius 1 is 0.656 bits per heavy atom. The molecule has 0 spiro atoms. The average Bonchev–Trinajstić information content (AvgIpc) is 3.18. The van der Waals surface area contributed by atoms with Gasteiger partial charge in [0.2, 0.25) is 0 Å². The summed E-state index contributed by atoms with van der Waals surface area (Å²) in [6, 6.07) is 0. The molecule has 0 amide bonds. The lowest BCUT2D eigenvalue weighted by atomic mass is 9.47. The highest BCUT2D eigenvalue weighted by Gasteiger charge is 2.68. The topological polar surface area (TPSA) is 6.48 Å². The third-order valence-corrected chi connectivity index (χ3v) is 11.0. The molecule has 5 aliphatic rings. The van der Waals surface area contributed by atoms with E-state index in [2.05, 4.69) is 65.3 Å². The van der Waals surface area contributed by atoms with Gasteiger partial charge in [0.05, 0.1) is 6.67 Å².